The summed E-state index contributed by atoms with van der Waals surface area (Å²) >= 11 is 1.79. The Balaban J connectivity index is 0.000000251. The topological polar surface area (TPSA) is 38.9 Å². The van der Waals surface area contributed by atoms with Gasteiger partial charge in [-0.25, -0.2) is 0 Å². The first-order chi connectivity index (χ1) is 23.9. The van der Waals surface area contributed by atoms with Crippen molar-refractivity contribution in [2.75, 3.05) is 0 Å². The van der Waals surface area contributed by atoms with E-state index in [0.29, 0.717) is 0 Å². The van der Waals surface area contributed by atoms with Crippen molar-refractivity contribution in [1.29, 1.82) is 0 Å². The summed E-state index contributed by atoms with van der Waals surface area (Å²) in [4.78, 5) is 10.6. The molecule has 3 nitrogen and oxygen atoms in total. The van der Waals surface area contributed by atoms with Gasteiger partial charge in [0.25, 0.3) is 0 Å². The van der Waals surface area contributed by atoms with E-state index in [0.717, 1.165) is 50.9 Å². The number of aromatic nitrogens is 2. The van der Waals surface area contributed by atoms with Gasteiger partial charge in [0.1, 0.15) is 5.58 Å². The van der Waals surface area contributed by atoms with Crippen molar-refractivity contribution >= 4 is 43.4 Å². The minimum absolute atomic E-state index is 0. The number of thiophene rings is 1. The van der Waals surface area contributed by atoms with Gasteiger partial charge in [-0.15, -0.1) is 64.9 Å². The van der Waals surface area contributed by atoms with Gasteiger partial charge in [0.05, 0.1) is 10.3 Å². The average Bonchev–Trinajstić information content (AvgIpc) is 3.66. The fourth-order valence-electron chi connectivity index (χ4n) is 6.71. The summed E-state index contributed by atoms with van der Waals surface area (Å²) < 4.78 is 7.81. The zero-order chi connectivity index (χ0) is 35.2. The summed E-state index contributed by atoms with van der Waals surface area (Å²) in [5, 5.41) is 3.49. The van der Waals surface area contributed by atoms with Crippen LogP contribution in [0.25, 0.3) is 65.7 Å². The maximum atomic E-state index is 6.61. The summed E-state index contributed by atoms with van der Waals surface area (Å²) in [7, 11) is 0. The summed E-state index contributed by atoms with van der Waals surface area (Å²) in [5.74, 6) is 0. The van der Waals surface area contributed by atoms with Crippen molar-refractivity contribution in [3.63, 3.8) is 0 Å². The van der Waals surface area contributed by atoms with E-state index in [4.69, 9.17) is 9.40 Å². The average molecular weight is 863 g/mol. The Morgan fingerprint density at radius 3 is 2.14 bits per heavy atom. The molecule has 1 radical (unpaired) electrons. The SMILES string of the molecule is Cc1c[c-]c(-c2ccc(C)cn2)cc1.Cc1cc2ccc3c4cc[c-]c(-c5cc(-c6c(C)cccc6C)c(CC(C)(C)C)cn5)c4oc3c2s1.[Ir]. The van der Waals surface area contributed by atoms with Crippen LogP contribution in [0.2, 0.25) is 0 Å². The standard InChI is InChI=1S/C33H30NOS.C13H12N.Ir/c1-19-9-7-10-20(2)29(19)27-16-28(34-18-23(27)17-33(4,5)6)26-12-8-11-24-25-14-13-22-15-21(3)36-32(22)31(25)35-30(24)26;1-10-3-6-12(7-4-10)13-8-5-11(2)9-14-13;/h7-11,13-16,18H,17H2,1-6H3;3-6,8-9H,1-2H3;/q2*-1;. The molecule has 0 bridgehead atoms. The third kappa shape index (κ3) is 7.62. The molecule has 259 valence electrons. The van der Waals surface area contributed by atoms with Gasteiger partial charge in [0, 0.05) is 42.8 Å². The Morgan fingerprint density at radius 2 is 1.45 bits per heavy atom. The zero-order valence-electron chi connectivity index (χ0n) is 30.5. The molecular weight excluding hydrogens is 821 g/mol. The van der Waals surface area contributed by atoms with Crippen LogP contribution < -0.4 is 0 Å². The van der Waals surface area contributed by atoms with E-state index in [1.54, 1.807) is 11.3 Å². The number of fused-ring (bicyclic) bond motifs is 5. The van der Waals surface area contributed by atoms with Crippen molar-refractivity contribution in [1.82, 2.24) is 9.97 Å². The second kappa shape index (κ2) is 14.7. The predicted molar refractivity (Wildman–Crippen MR) is 212 cm³/mol. The van der Waals surface area contributed by atoms with Gasteiger partial charge in [-0.3, -0.25) is 0 Å². The Labute approximate surface area is 319 Å². The van der Waals surface area contributed by atoms with E-state index in [9.17, 15) is 0 Å². The number of benzene rings is 4. The minimum Gasteiger partial charge on any atom is -0.499 e. The molecule has 8 rings (SSSR count). The number of rotatable bonds is 4. The molecule has 0 fully saturated rings. The van der Waals surface area contributed by atoms with Crippen molar-refractivity contribution in [2.45, 2.75) is 61.8 Å². The van der Waals surface area contributed by atoms with E-state index in [2.05, 4.69) is 132 Å². The van der Waals surface area contributed by atoms with Crippen LogP contribution in [0, 0.1) is 52.2 Å². The molecule has 4 aromatic carbocycles. The van der Waals surface area contributed by atoms with Crippen LogP contribution in [0.15, 0.2) is 102 Å². The molecule has 0 aliphatic carbocycles. The zero-order valence-corrected chi connectivity index (χ0v) is 33.7. The van der Waals surface area contributed by atoms with Gasteiger partial charge >= 0.3 is 0 Å². The number of pyridine rings is 2. The quantitative estimate of drug-likeness (QED) is 0.166. The fourth-order valence-corrected chi connectivity index (χ4v) is 7.71. The monoisotopic (exact) mass is 863 g/mol. The smallest absolute Gasteiger partial charge is 0.138 e. The number of hydrogen-bond acceptors (Lipinski definition) is 4. The molecule has 0 unspecified atom stereocenters. The van der Waals surface area contributed by atoms with Crippen molar-refractivity contribution in [3.05, 3.63) is 142 Å². The van der Waals surface area contributed by atoms with Crippen molar-refractivity contribution < 1.29 is 24.5 Å². The molecule has 0 saturated carbocycles. The molecule has 8 aromatic rings. The fraction of sp³-hybridized carbons (Fsp3) is 0.217. The van der Waals surface area contributed by atoms with Crippen LogP contribution in [0.3, 0.4) is 0 Å². The van der Waals surface area contributed by atoms with Gasteiger partial charge in [0.2, 0.25) is 0 Å². The summed E-state index contributed by atoms with van der Waals surface area (Å²) in [6, 6.07) is 36.4. The molecule has 0 aliphatic rings. The van der Waals surface area contributed by atoms with Gasteiger partial charge in [0.15, 0.2) is 0 Å². The second-order valence-electron chi connectivity index (χ2n) is 14.6. The number of furan rings is 1. The second-order valence-corrected chi connectivity index (χ2v) is 15.9. The number of hydrogen-bond donors (Lipinski definition) is 0. The molecule has 4 heterocycles. The van der Waals surface area contributed by atoms with Crippen LogP contribution in [0.5, 0.6) is 0 Å². The van der Waals surface area contributed by atoms with Gasteiger partial charge in [-0.1, -0.05) is 87.2 Å². The number of aryl methyl sites for hydroxylation is 5. The molecule has 5 heteroatoms. The van der Waals surface area contributed by atoms with Gasteiger partial charge in [-0.2, -0.15) is 0 Å². The molecule has 0 aliphatic heterocycles. The molecule has 0 N–H and O–H groups in total. The van der Waals surface area contributed by atoms with E-state index in [1.165, 1.54) is 53.9 Å². The first-order valence-corrected chi connectivity index (χ1v) is 18.0. The Hall–Kier alpha value is -4.41. The van der Waals surface area contributed by atoms with Crippen molar-refractivity contribution in [3.8, 4) is 33.6 Å². The first kappa shape index (κ1) is 36.4. The molecule has 0 saturated heterocycles. The first-order valence-electron chi connectivity index (χ1n) is 17.2. The van der Waals surface area contributed by atoms with Crippen molar-refractivity contribution in [2.24, 2.45) is 5.41 Å². The molecule has 0 spiro atoms. The van der Waals surface area contributed by atoms with Crippen LogP contribution in [-0.2, 0) is 26.5 Å². The Kier molecular flexibility index (Phi) is 10.5. The maximum absolute atomic E-state index is 6.61. The number of nitrogens with zero attached hydrogens (tertiary/aromatic N) is 2. The molecule has 0 amide bonds. The summed E-state index contributed by atoms with van der Waals surface area (Å²) in [6.45, 7) is 17.5. The minimum atomic E-state index is 0. The molecule has 51 heavy (non-hydrogen) atoms. The van der Waals surface area contributed by atoms with E-state index >= 15 is 0 Å². The van der Waals surface area contributed by atoms with E-state index in [-0.39, 0.29) is 25.5 Å². The molecule has 0 atom stereocenters. The third-order valence-corrected chi connectivity index (χ3v) is 10.1. The maximum Gasteiger partial charge on any atom is 0.138 e. The molecular formula is C46H42IrN2OS-2. The van der Waals surface area contributed by atoms with Crippen LogP contribution in [0.4, 0.5) is 0 Å². The van der Waals surface area contributed by atoms with E-state index < -0.39 is 0 Å². The summed E-state index contributed by atoms with van der Waals surface area (Å²) in [6.07, 6.45) is 4.90. The van der Waals surface area contributed by atoms with Crippen LogP contribution >= 0.6 is 11.3 Å². The van der Waals surface area contributed by atoms with Gasteiger partial charge < -0.3 is 14.4 Å². The summed E-state index contributed by atoms with van der Waals surface area (Å²) in [5.41, 5.74) is 14.6. The Bertz CT molecular complexity index is 2420. The third-order valence-electron chi connectivity index (χ3n) is 9.08. The normalized spacial score (nSPS) is 11.5. The van der Waals surface area contributed by atoms with Crippen LogP contribution in [0.1, 0.15) is 53.5 Å². The van der Waals surface area contributed by atoms with E-state index in [1.807, 2.05) is 37.4 Å². The predicted octanol–water partition coefficient (Wildman–Crippen LogP) is 13.0. The largest absolute Gasteiger partial charge is 0.499 e. The van der Waals surface area contributed by atoms with Crippen LogP contribution in [-0.4, -0.2) is 9.97 Å². The Morgan fingerprint density at radius 1 is 0.725 bits per heavy atom. The van der Waals surface area contributed by atoms with Gasteiger partial charge in [-0.05, 0) is 95.8 Å². The molecule has 4 aromatic heterocycles.